The maximum absolute atomic E-state index is 6.24. The molecule has 1 N–H and O–H groups in total. The van der Waals surface area contributed by atoms with Crippen LogP contribution in [0.15, 0.2) is 29.9 Å². The van der Waals surface area contributed by atoms with Crippen molar-refractivity contribution in [2.24, 2.45) is 0 Å². The summed E-state index contributed by atoms with van der Waals surface area (Å²) in [5, 5.41) is 4.15. The van der Waals surface area contributed by atoms with E-state index in [1.165, 1.54) is 12.8 Å². The number of benzene rings is 1. The first-order valence-electron chi connectivity index (χ1n) is 6.34. The molecule has 2 aromatic rings. The summed E-state index contributed by atoms with van der Waals surface area (Å²) in [7, 11) is 0. The van der Waals surface area contributed by atoms with E-state index in [1.54, 1.807) is 16.8 Å². The number of aromatic nitrogens is 1. The van der Waals surface area contributed by atoms with Crippen LogP contribution in [0.1, 0.15) is 23.3 Å². The SMILES string of the molecule is Clc1cccc(CNC2CC2)c1OCc1cncs1. The molecule has 19 heavy (non-hydrogen) atoms. The zero-order valence-corrected chi connectivity index (χ0v) is 12.0. The number of para-hydroxylation sites is 1. The largest absolute Gasteiger partial charge is 0.486 e. The predicted molar refractivity (Wildman–Crippen MR) is 77.8 cm³/mol. The van der Waals surface area contributed by atoms with Crippen molar-refractivity contribution in [2.75, 3.05) is 0 Å². The molecule has 0 atom stereocenters. The van der Waals surface area contributed by atoms with E-state index in [9.17, 15) is 0 Å². The Morgan fingerprint density at radius 2 is 2.32 bits per heavy atom. The van der Waals surface area contributed by atoms with Crippen LogP contribution in [0.3, 0.4) is 0 Å². The topological polar surface area (TPSA) is 34.1 Å². The first kappa shape index (κ1) is 12.9. The fraction of sp³-hybridized carbons (Fsp3) is 0.357. The van der Waals surface area contributed by atoms with Gasteiger partial charge in [0.15, 0.2) is 0 Å². The Morgan fingerprint density at radius 3 is 3.05 bits per heavy atom. The molecular formula is C14H15ClN2OS. The van der Waals surface area contributed by atoms with Crippen LogP contribution in [0.5, 0.6) is 5.75 Å². The van der Waals surface area contributed by atoms with Crippen molar-refractivity contribution < 1.29 is 4.74 Å². The lowest BCUT2D eigenvalue weighted by molar-refractivity contribution is 0.305. The summed E-state index contributed by atoms with van der Waals surface area (Å²) in [5.74, 6) is 0.783. The van der Waals surface area contributed by atoms with Gasteiger partial charge in [-0.05, 0) is 18.9 Å². The molecule has 1 aliphatic carbocycles. The second-order valence-electron chi connectivity index (χ2n) is 4.64. The maximum atomic E-state index is 6.24. The Balaban J connectivity index is 1.69. The second-order valence-corrected chi connectivity index (χ2v) is 6.02. The van der Waals surface area contributed by atoms with Gasteiger partial charge in [0.25, 0.3) is 0 Å². The number of hydrogen-bond acceptors (Lipinski definition) is 4. The molecule has 0 radical (unpaired) electrons. The summed E-state index contributed by atoms with van der Waals surface area (Å²) in [5.41, 5.74) is 2.92. The Morgan fingerprint density at radius 1 is 1.42 bits per heavy atom. The monoisotopic (exact) mass is 294 g/mol. The molecule has 0 spiro atoms. The van der Waals surface area contributed by atoms with E-state index in [2.05, 4.69) is 16.4 Å². The zero-order chi connectivity index (χ0) is 13.1. The Labute approximate surface area is 121 Å². The standard InChI is InChI=1S/C14H15ClN2OS/c15-13-3-1-2-10(6-17-11-4-5-11)14(13)18-8-12-7-16-9-19-12/h1-3,7,9,11,17H,4-6,8H2. The fourth-order valence-electron chi connectivity index (χ4n) is 1.85. The predicted octanol–water partition coefficient (Wildman–Crippen LogP) is 3.63. The molecule has 0 aliphatic heterocycles. The number of nitrogens with one attached hydrogen (secondary N) is 1. The van der Waals surface area contributed by atoms with Crippen molar-refractivity contribution in [3.05, 3.63) is 45.4 Å². The van der Waals surface area contributed by atoms with E-state index in [0.29, 0.717) is 17.7 Å². The van der Waals surface area contributed by atoms with Gasteiger partial charge < -0.3 is 10.1 Å². The molecule has 1 saturated carbocycles. The van der Waals surface area contributed by atoms with Crippen molar-refractivity contribution in [1.82, 2.24) is 10.3 Å². The van der Waals surface area contributed by atoms with Crippen LogP contribution in [0, 0.1) is 0 Å². The van der Waals surface area contributed by atoms with Crippen molar-refractivity contribution in [3.63, 3.8) is 0 Å². The third-order valence-electron chi connectivity index (χ3n) is 3.05. The summed E-state index contributed by atoms with van der Waals surface area (Å²) in [6, 6.07) is 6.56. The highest BCUT2D eigenvalue weighted by atomic mass is 35.5. The van der Waals surface area contributed by atoms with Gasteiger partial charge in [-0.25, -0.2) is 0 Å². The minimum Gasteiger partial charge on any atom is -0.486 e. The van der Waals surface area contributed by atoms with Gasteiger partial charge in [-0.15, -0.1) is 11.3 Å². The lowest BCUT2D eigenvalue weighted by atomic mass is 10.2. The van der Waals surface area contributed by atoms with Crippen LogP contribution in [-0.4, -0.2) is 11.0 Å². The molecular weight excluding hydrogens is 280 g/mol. The Kier molecular flexibility index (Phi) is 4.01. The average molecular weight is 295 g/mol. The van der Waals surface area contributed by atoms with E-state index in [0.717, 1.165) is 22.7 Å². The van der Waals surface area contributed by atoms with Gasteiger partial charge >= 0.3 is 0 Å². The molecule has 1 aromatic heterocycles. The van der Waals surface area contributed by atoms with E-state index in [1.807, 2.05) is 18.3 Å². The zero-order valence-electron chi connectivity index (χ0n) is 10.4. The molecule has 3 nitrogen and oxygen atoms in total. The molecule has 0 bridgehead atoms. The van der Waals surface area contributed by atoms with E-state index in [-0.39, 0.29) is 0 Å². The van der Waals surface area contributed by atoms with Crippen LogP contribution in [0.2, 0.25) is 5.02 Å². The number of ether oxygens (including phenoxy) is 1. The fourth-order valence-corrected chi connectivity index (χ4v) is 2.61. The van der Waals surface area contributed by atoms with Gasteiger partial charge in [0, 0.05) is 24.3 Å². The quantitative estimate of drug-likeness (QED) is 0.883. The number of halogens is 1. The molecule has 1 aromatic carbocycles. The molecule has 100 valence electrons. The van der Waals surface area contributed by atoms with E-state index in [4.69, 9.17) is 16.3 Å². The van der Waals surface area contributed by atoms with Crippen molar-refractivity contribution >= 4 is 22.9 Å². The van der Waals surface area contributed by atoms with Crippen molar-refractivity contribution in [1.29, 1.82) is 0 Å². The first-order chi connectivity index (χ1) is 9.33. The molecule has 5 heteroatoms. The highest BCUT2D eigenvalue weighted by molar-refractivity contribution is 7.09. The van der Waals surface area contributed by atoms with Gasteiger partial charge in [-0.3, -0.25) is 4.98 Å². The average Bonchev–Trinajstić information content (AvgIpc) is 3.10. The van der Waals surface area contributed by atoms with Crippen molar-refractivity contribution in [3.8, 4) is 5.75 Å². The van der Waals surface area contributed by atoms with Crippen LogP contribution >= 0.6 is 22.9 Å². The Bertz CT molecular complexity index is 540. The number of thiazole rings is 1. The number of rotatable bonds is 6. The third-order valence-corrected chi connectivity index (χ3v) is 4.10. The molecule has 0 saturated heterocycles. The summed E-state index contributed by atoms with van der Waals surface area (Å²) in [6.07, 6.45) is 4.37. The van der Waals surface area contributed by atoms with E-state index >= 15 is 0 Å². The van der Waals surface area contributed by atoms with Gasteiger partial charge in [-0.1, -0.05) is 23.7 Å². The van der Waals surface area contributed by atoms with Gasteiger partial charge in [0.05, 0.1) is 15.4 Å². The minimum atomic E-state index is 0.519. The van der Waals surface area contributed by atoms with Crippen LogP contribution in [0.4, 0.5) is 0 Å². The second kappa shape index (κ2) is 5.90. The van der Waals surface area contributed by atoms with Gasteiger partial charge in [0.1, 0.15) is 12.4 Å². The first-order valence-corrected chi connectivity index (χ1v) is 7.59. The number of hydrogen-bond donors (Lipinski definition) is 1. The van der Waals surface area contributed by atoms with Gasteiger partial charge in [-0.2, -0.15) is 0 Å². The molecule has 1 aliphatic rings. The highest BCUT2D eigenvalue weighted by Gasteiger charge is 2.21. The lowest BCUT2D eigenvalue weighted by Gasteiger charge is -2.13. The lowest BCUT2D eigenvalue weighted by Crippen LogP contribution is -2.16. The molecule has 0 unspecified atom stereocenters. The highest BCUT2D eigenvalue weighted by Crippen LogP contribution is 2.30. The smallest absolute Gasteiger partial charge is 0.142 e. The molecule has 1 heterocycles. The molecule has 3 rings (SSSR count). The summed E-state index contributed by atoms with van der Waals surface area (Å²) in [4.78, 5) is 5.14. The normalized spacial score (nSPS) is 14.6. The summed E-state index contributed by atoms with van der Waals surface area (Å²) in [6.45, 7) is 1.33. The Hall–Kier alpha value is -1.10. The third kappa shape index (κ3) is 3.47. The van der Waals surface area contributed by atoms with E-state index < -0.39 is 0 Å². The van der Waals surface area contributed by atoms with Crippen LogP contribution in [-0.2, 0) is 13.2 Å². The molecule has 1 fully saturated rings. The maximum Gasteiger partial charge on any atom is 0.142 e. The van der Waals surface area contributed by atoms with Crippen LogP contribution < -0.4 is 10.1 Å². The van der Waals surface area contributed by atoms with Crippen molar-refractivity contribution in [2.45, 2.75) is 32.0 Å². The summed E-state index contributed by atoms with van der Waals surface area (Å²) >= 11 is 7.82. The van der Waals surface area contributed by atoms with Gasteiger partial charge in [0.2, 0.25) is 0 Å². The minimum absolute atomic E-state index is 0.519. The number of nitrogens with zero attached hydrogens (tertiary/aromatic N) is 1. The summed E-state index contributed by atoms with van der Waals surface area (Å²) < 4.78 is 5.86. The molecule has 0 amide bonds. The van der Waals surface area contributed by atoms with Crippen LogP contribution in [0.25, 0.3) is 0 Å².